The number of rotatable bonds is 3. The average molecular weight is 381 g/mol. The van der Waals surface area contributed by atoms with Crippen LogP contribution in [0.1, 0.15) is 22.3 Å². The first kappa shape index (κ1) is 17.2. The topological polar surface area (TPSA) is 93.7 Å². The lowest BCUT2D eigenvalue weighted by molar-refractivity contribution is 0.0751. The molecule has 2 aliphatic rings. The molecule has 1 fully saturated rings. The van der Waals surface area contributed by atoms with Gasteiger partial charge in [-0.15, -0.1) is 0 Å². The molecule has 5 heterocycles. The van der Waals surface area contributed by atoms with Crippen LogP contribution in [-0.2, 0) is 11.3 Å². The Bertz CT molecular complexity index is 1050. The van der Waals surface area contributed by atoms with Crippen molar-refractivity contribution in [3.63, 3.8) is 0 Å². The summed E-state index contributed by atoms with van der Waals surface area (Å²) < 4.78 is 22.4. The van der Waals surface area contributed by atoms with Crippen molar-refractivity contribution in [1.29, 1.82) is 0 Å². The van der Waals surface area contributed by atoms with Gasteiger partial charge in [0, 0.05) is 54.3 Å². The Kier molecular flexibility index (Phi) is 4.03. The molecule has 5 rings (SSSR count). The number of carbonyl (C=O) groups is 1. The third-order valence-corrected chi connectivity index (χ3v) is 5.39. The van der Waals surface area contributed by atoms with Gasteiger partial charge in [-0.3, -0.25) is 4.79 Å². The van der Waals surface area contributed by atoms with E-state index in [9.17, 15) is 4.79 Å². The molecule has 0 radical (unpaired) electrons. The van der Waals surface area contributed by atoms with Gasteiger partial charge < -0.3 is 25.5 Å². The van der Waals surface area contributed by atoms with Crippen LogP contribution < -0.4 is 16.4 Å². The Balaban J connectivity index is 1.63. The molecule has 3 aromatic rings. The molecule has 3 aromatic heterocycles. The lowest BCUT2D eigenvalue weighted by atomic mass is 10.0. The number of hydrogen-bond donors (Lipinski definition) is 3. The fraction of sp³-hybridized carbons (Fsp3) is 0.300. The molecule has 28 heavy (non-hydrogen) atoms. The Hall–Kier alpha value is -2.97. The van der Waals surface area contributed by atoms with Gasteiger partial charge >= 0.3 is 0 Å². The normalized spacial score (nSPS) is 21.6. The number of anilines is 1. The standard InChI is InChI=1S/C20H20FN5O2/c21-17-13-8-23-20(27)16(13)18(11-7-12-3-1-2-5-26(12)9-11)25-19(17)24-15-4-6-28-10-14(15)22/h1-3,5,7,9,14-15H,4,6,8,10,22H2,(H,23,27)(H,24,25)/t14-,15+/m0/s1. The molecular formula is C20H20FN5O2. The van der Waals surface area contributed by atoms with Crippen molar-refractivity contribution in [3.05, 3.63) is 53.6 Å². The third-order valence-electron chi connectivity index (χ3n) is 5.39. The van der Waals surface area contributed by atoms with Crippen LogP contribution >= 0.6 is 0 Å². The number of amides is 1. The Morgan fingerprint density at radius 3 is 3.11 bits per heavy atom. The number of pyridine rings is 2. The Morgan fingerprint density at radius 1 is 1.39 bits per heavy atom. The van der Waals surface area contributed by atoms with Crippen LogP contribution in [0.15, 0.2) is 36.7 Å². The molecule has 0 aliphatic carbocycles. The van der Waals surface area contributed by atoms with E-state index in [-0.39, 0.29) is 30.4 Å². The van der Waals surface area contributed by atoms with Crippen LogP contribution in [0.25, 0.3) is 16.8 Å². The average Bonchev–Trinajstić information content (AvgIpc) is 3.30. The van der Waals surface area contributed by atoms with Crippen LogP contribution in [0.2, 0.25) is 0 Å². The second-order valence-corrected chi connectivity index (χ2v) is 7.20. The SMILES string of the molecule is N[C@H]1COCC[C@H]1Nc1nc(-c2cc3ccccn3c2)c2c(c1F)CNC2=O. The van der Waals surface area contributed by atoms with E-state index in [4.69, 9.17) is 10.5 Å². The van der Waals surface area contributed by atoms with E-state index in [1.54, 1.807) is 0 Å². The molecule has 0 unspecified atom stereocenters. The summed E-state index contributed by atoms with van der Waals surface area (Å²) in [5.74, 6) is -0.677. The molecule has 0 spiro atoms. The number of hydrogen-bond acceptors (Lipinski definition) is 5. The highest BCUT2D eigenvalue weighted by molar-refractivity contribution is 6.04. The molecule has 7 nitrogen and oxygen atoms in total. The van der Waals surface area contributed by atoms with Gasteiger partial charge in [0.15, 0.2) is 11.6 Å². The largest absolute Gasteiger partial charge is 0.380 e. The summed E-state index contributed by atoms with van der Waals surface area (Å²) in [4.78, 5) is 16.9. The highest BCUT2D eigenvalue weighted by atomic mass is 19.1. The molecule has 2 aliphatic heterocycles. The predicted molar refractivity (Wildman–Crippen MR) is 103 cm³/mol. The Labute approximate surface area is 160 Å². The molecule has 1 saturated heterocycles. The zero-order valence-electron chi connectivity index (χ0n) is 15.1. The molecule has 8 heteroatoms. The van der Waals surface area contributed by atoms with Crippen molar-refractivity contribution in [1.82, 2.24) is 14.7 Å². The molecule has 0 saturated carbocycles. The number of ether oxygens (including phenoxy) is 1. The molecule has 1 amide bonds. The van der Waals surface area contributed by atoms with Crippen LogP contribution in [0, 0.1) is 5.82 Å². The summed E-state index contributed by atoms with van der Waals surface area (Å²) in [5, 5.41) is 5.86. The number of aromatic nitrogens is 2. The lowest BCUT2D eigenvalue weighted by Crippen LogP contribution is -2.48. The smallest absolute Gasteiger partial charge is 0.254 e. The first-order valence-electron chi connectivity index (χ1n) is 9.29. The maximum atomic E-state index is 15.1. The van der Waals surface area contributed by atoms with Gasteiger partial charge in [-0.25, -0.2) is 9.37 Å². The number of fused-ring (bicyclic) bond motifs is 2. The second-order valence-electron chi connectivity index (χ2n) is 7.20. The highest BCUT2D eigenvalue weighted by Crippen LogP contribution is 2.34. The molecule has 144 valence electrons. The molecule has 4 N–H and O–H groups in total. The first-order valence-corrected chi connectivity index (χ1v) is 9.29. The molecule has 2 atom stereocenters. The van der Waals surface area contributed by atoms with Crippen molar-refractivity contribution in [3.8, 4) is 11.3 Å². The number of nitrogens with zero attached hydrogens (tertiary/aromatic N) is 2. The molecule has 0 bridgehead atoms. The zero-order chi connectivity index (χ0) is 19.3. The van der Waals surface area contributed by atoms with Gasteiger partial charge in [0.25, 0.3) is 5.91 Å². The number of halogens is 1. The summed E-state index contributed by atoms with van der Waals surface area (Å²) in [6, 6.07) is 7.38. The lowest BCUT2D eigenvalue weighted by Gasteiger charge is -2.30. The van der Waals surface area contributed by atoms with Crippen LogP contribution in [-0.4, -0.2) is 40.6 Å². The van der Waals surface area contributed by atoms with E-state index >= 15 is 4.39 Å². The highest BCUT2D eigenvalue weighted by Gasteiger charge is 2.32. The van der Waals surface area contributed by atoms with Crippen LogP contribution in [0.4, 0.5) is 10.2 Å². The van der Waals surface area contributed by atoms with Crippen molar-refractivity contribution < 1.29 is 13.9 Å². The van der Waals surface area contributed by atoms with Crippen molar-refractivity contribution in [2.24, 2.45) is 5.73 Å². The summed E-state index contributed by atoms with van der Waals surface area (Å²) in [6.07, 6.45) is 4.48. The maximum absolute atomic E-state index is 15.1. The van der Waals surface area contributed by atoms with E-state index in [1.165, 1.54) is 0 Å². The monoisotopic (exact) mass is 381 g/mol. The van der Waals surface area contributed by atoms with E-state index < -0.39 is 5.82 Å². The van der Waals surface area contributed by atoms with Gasteiger partial charge in [-0.2, -0.15) is 0 Å². The fourth-order valence-corrected chi connectivity index (χ4v) is 3.88. The first-order chi connectivity index (χ1) is 13.6. The molecule has 0 aromatic carbocycles. The van der Waals surface area contributed by atoms with Gasteiger partial charge in [-0.05, 0) is 24.6 Å². The van der Waals surface area contributed by atoms with E-state index in [0.717, 1.165) is 11.1 Å². The summed E-state index contributed by atoms with van der Waals surface area (Å²) >= 11 is 0. The van der Waals surface area contributed by atoms with Gasteiger partial charge in [0.2, 0.25) is 0 Å². The summed E-state index contributed by atoms with van der Waals surface area (Å²) in [5.41, 5.74) is 8.95. The Morgan fingerprint density at radius 2 is 2.29 bits per heavy atom. The number of nitrogens with two attached hydrogens (primary N) is 1. The molecular weight excluding hydrogens is 361 g/mol. The third kappa shape index (κ3) is 2.73. The van der Waals surface area contributed by atoms with Crippen molar-refractivity contribution in [2.75, 3.05) is 18.5 Å². The fourth-order valence-electron chi connectivity index (χ4n) is 3.88. The van der Waals surface area contributed by atoms with Crippen LogP contribution in [0.3, 0.4) is 0 Å². The number of nitrogens with one attached hydrogen (secondary N) is 2. The maximum Gasteiger partial charge on any atom is 0.254 e. The van der Waals surface area contributed by atoms with Crippen molar-refractivity contribution >= 4 is 17.2 Å². The number of carbonyl (C=O) groups excluding carboxylic acids is 1. The van der Waals surface area contributed by atoms with E-state index in [0.29, 0.717) is 36.5 Å². The summed E-state index contributed by atoms with van der Waals surface area (Å²) in [6.45, 7) is 1.13. The second kappa shape index (κ2) is 6.57. The summed E-state index contributed by atoms with van der Waals surface area (Å²) in [7, 11) is 0. The van der Waals surface area contributed by atoms with Gasteiger partial charge in [0.05, 0.1) is 17.9 Å². The minimum absolute atomic E-state index is 0.128. The quantitative estimate of drug-likeness (QED) is 0.644. The van der Waals surface area contributed by atoms with E-state index in [1.807, 2.05) is 41.1 Å². The van der Waals surface area contributed by atoms with E-state index in [2.05, 4.69) is 15.6 Å². The van der Waals surface area contributed by atoms with Crippen LogP contribution in [0.5, 0.6) is 0 Å². The zero-order valence-corrected chi connectivity index (χ0v) is 15.1. The minimum Gasteiger partial charge on any atom is -0.380 e. The predicted octanol–water partition coefficient (Wildman–Crippen LogP) is 1.91. The van der Waals surface area contributed by atoms with Crippen molar-refractivity contribution in [2.45, 2.75) is 25.0 Å². The van der Waals surface area contributed by atoms with Gasteiger partial charge in [0.1, 0.15) is 0 Å². The van der Waals surface area contributed by atoms with Gasteiger partial charge in [-0.1, -0.05) is 6.07 Å². The minimum atomic E-state index is -0.500.